The third-order valence-corrected chi connectivity index (χ3v) is 3.21. The molecule has 1 aliphatic heterocycles. The summed E-state index contributed by atoms with van der Waals surface area (Å²) in [4.78, 5) is 17.8. The third-order valence-electron chi connectivity index (χ3n) is 3.21. The van der Waals surface area contributed by atoms with Crippen LogP contribution in [0.15, 0.2) is 47.3 Å². The van der Waals surface area contributed by atoms with E-state index in [2.05, 4.69) is 18.8 Å². The standard InChI is InChI=1S/C16H20N2O2/c1-12(2)8-15-16(20)17-9-14(19)11-18(15)10-13-6-4-3-5-7-13/h3-7,9,11-12,15,19H,8,10H2,1-2H3. The van der Waals surface area contributed by atoms with Crippen molar-refractivity contribution in [2.75, 3.05) is 0 Å². The normalized spacial score (nSPS) is 19.1. The average molecular weight is 272 g/mol. The SMILES string of the molecule is CC(C)CC1C(=O)N=CC(O)=CN1Cc1ccccc1. The van der Waals surface area contributed by atoms with Crippen LogP contribution in [0.1, 0.15) is 25.8 Å². The van der Waals surface area contributed by atoms with Crippen molar-refractivity contribution in [3.8, 4) is 0 Å². The van der Waals surface area contributed by atoms with E-state index in [1.54, 1.807) is 6.20 Å². The van der Waals surface area contributed by atoms with Gasteiger partial charge in [-0.3, -0.25) is 4.79 Å². The molecule has 0 saturated carbocycles. The van der Waals surface area contributed by atoms with Gasteiger partial charge in [0.05, 0.1) is 6.21 Å². The van der Waals surface area contributed by atoms with E-state index in [-0.39, 0.29) is 17.7 Å². The van der Waals surface area contributed by atoms with E-state index >= 15 is 0 Å². The molecule has 1 heterocycles. The van der Waals surface area contributed by atoms with E-state index in [0.717, 1.165) is 5.56 Å². The molecule has 0 radical (unpaired) electrons. The number of aliphatic imine (C=N–C) groups is 1. The quantitative estimate of drug-likeness (QED) is 0.917. The highest BCUT2D eigenvalue weighted by Gasteiger charge is 2.26. The van der Waals surface area contributed by atoms with Crippen LogP contribution in [0.2, 0.25) is 0 Å². The van der Waals surface area contributed by atoms with Crippen molar-refractivity contribution >= 4 is 12.1 Å². The lowest BCUT2D eigenvalue weighted by molar-refractivity contribution is -0.122. The van der Waals surface area contributed by atoms with Crippen molar-refractivity contribution in [1.82, 2.24) is 4.90 Å². The van der Waals surface area contributed by atoms with Crippen LogP contribution in [0, 0.1) is 5.92 Å². The Morgan fingerprint density at radius 1 is 1.30 bits per heavy atom. The Morgan fingerprint density at radius 2 is 2.00 bits per heavy atom. The fourth-order valence-corrected chi connectivity index (χ4v) is 2.28. The highest BCUT2D eigenvalue weighted by molar-refractivity contribution is 5.94. The van der Waals surface area contributed by atoms with Gasteiger partial charge in [0, 0.05) is 12.7 Å². The lowest BCUT2D eigenvalue weighted by Gasteiger charge is -2.28. The summed E-state index contributed by atoms with van der Waals surface area (Å²) in [6.45, 7) is 4.73. The maximum Gasteiger partial charge on any atom is 0.268 e. The van der Waals surface area contributed by atoms with E-state index in [1.165, 1.54) is 6.21 Å². The molecule has 0 spiro atoms. The number of carbonyl (C=O) groups excluding carboxylic acids is 1. The molecule has 1 aromatic carbocycles. The molecule has 4 nitrogen and oxygen atoms in total. The third kappa shape index (κ3) is 3.70. The molecule has 0 fully saturated rings. The Balaban J connectivity index is 2.24. The maximum absolute atomic E-state index is 12.1. The topological polar surface area (TPSA) is 52.9 Å². The first kappa shape index (κ1) is 14.3. The van der Waals surface area contributed by atoms with Crippen LogP contribution in [0.4, 0.5) is 0 Å². The van der Waals surface area contributed by atoms with Crippen molar-refractivity contribution in [3.63, 3.8) is 0 Å². The van der Waals surface area contributed by atoms with E-state index < -0.39 is 0 Å². The van der Waals surface area contributed by atoms with Crippen LogP contribution in [0.3, 0.4) is 0 Å². The van der Waals surface area contributed by atoms with Gasteiger partial charge in [-0.1, -0.05) is 44.2 Å². The summed E-state index contributed by atoms with van der Waals surface area (Å²) in [5, 5.41) is 9.73. The van der Waals surface area contributed by atoms with Crippen molar-refractivity contribution in [2.45, 2.75) is 32.9 Å². The van der Waals surface area contributed by atoms with Crippen LogP contribution >= 0.6 is 0 Å². The van der Waals surface area contributed by atoms with Crippen molar-refractivity contribution < 1.29 is 9.90 Å². The van der Waals surface area contributed by atoms with E-state index in [0.29, 0.717) is 18.9 Å². The number of allylic oxidation sites excluding steroid dienone is 1. The number of aliphatic hydroxyl groups is 1. The van der Waals surface area contributed by atoms with Gasteiger partial charge in [-0.25, -0.2) is 4.99 Å². The second kappa shape index (κ2) is 6.37. The van der Waals surface area contributed by atoms with Crippen LogP contribution < -0.4 is 0 Å². The number of hydrogen-bond donors (Lipinski definition) is 1. The van der Waals surface area contributed by atoms with Gasteiger partial charge in [0.25, 0.3) is 5.91 Å². The van der Waals surface area contributed by atoms with Gasteiger partial charge in [-0.2, -0.15) is 0 Å². The minimum atomic E-state index is -0.323. The highest BCUT2D eigenvalue weighted by Crippen LogP contribution is 2.19. The van der Waals surface area contributed by atoms with Crippen LogP contribution in [0.5, 0.6) is 0 Å². The molecule has 1 aromatic rings. The molecule has 106 valence electrons. The molecule has 1 atom stereocenters. The summed E-state index contributed by atoms with van der Waals surface area (Å²) in [6, 6.07) is 9.58. The smallest absolute Gasteiger partial charge is 0.268 e. The molecule has 1 amide bonds. The molecule has 1 aliphatic rings. The number of benzene rings is 1. The van der Waals surface area contributed by atoms with Gasteiger partial charge in [-0.15, -0.1) is 0 Å². The number of hydrogen-bond acceptors (Lipinski definition) is 3. The van der Waals surface area contributed by atoms with E-state index in [4.69, 9.17) is 0 Å². The number of aliphatic hydroxyl groups excluding tert-OH is 1. The van der Waals surface area contributed by atoms with Crippen LogP contribution in [-0.2, 0) is 11.3 Å². The zero-order chi connectivity index (χ0) is 14.5. The van der Waals surface area contributed by atoms with Crippen molar-refractivity contribution in [1.29, 1.82) is 0 Å². The molecular formula is C16H20N2O2. The Morgan fingerprint density at radius 3 is 2.65 bits per heavy atom. The van der Waals surface area contributed by atoms with Crippen LogP contribution in [-0.4, -0.2) is 28.2 Å². The van der Waals surface area contributed by atoms with Crippen LogP contribution in [0.25, 0.3) is 0 Å². The Hall–Kier alpha value is -2.10. The predicted molar refractivity (Wildman–Crippen MR) is 79.4 cm³/mol. The fraction of sp³-hybridized carbons (Fsp3) is 0.375. The van der Waals surface area contributed by atoms with E-state index in [9.17, 15) is 9.90 Å². The monoisotopic (exact) mass is 272 g/mol. The first-order chi connectivity index (χ1) is 9.56. The lowest BCUT2D eigenvalue weighted by Crippen LogP contribution is -2.37. The summed E-state index contributed by atoms with van der Waals surface area (Å²) in [6.07, 6.45) is 3.54. The number of nitrogens with zero attached hydrogens (tertiary/aromatic N) is 2. The first-order valence-corrected chi connectivity index (χ1v) is 6.84. The molecule has 20 heavy (non-hydrogen) atoms. The Bertz CT molecular complexity index is 521. The average Bonchev–Trinajstić information content (AvgIpc) is 2.53. The molecule has 0 aliphatic carbocycles. The molecule has 0 aromatic heterocycles. The minimum absolute atomic E-state index is 0.0144. The first-order valence-electron chi connectivity index (χ1n) is 6.84. The van der Waals surface area contributed by atoms with Gasteiger partial charge in [0.2, 0.25) is 0 Å². The van der Waals surface area contributed by atoms with Gasteiger partial charge in [-0.05, 0) is 17.9 Å². The molecule has 2 rings (SSSR count). The zero-order valence-corrected chi connectivity index (χ0v) is 11.9. The van der Waals surface area contributed by atoms with Gasteiger partial charge < -0.3 is 10.0 Å². The summed E-state index contributed by atoms with van der Waals surface area (Å²) in [5.74, 6) is 0.196. The van der Waals surface area contributed by atoms with Gasteiger partial charge in [0.1, 0.15) is 11.8 Å². The molecular weight excluding hydrogens is 252 g/mol. The predicted octanol–water partition coefficient (Wildman–Crippen LogP) is 2.91. The number of carbonyl (C=O) groups is 1. The van der Waals surface area contributed by atoms with Crippen molar-refractivity contribution in [3.05, 3.63) is 47.9 Å². The summed E-state index contributed by atoms with van der Waals surface area (Å²) >= 11 is 0. The van der Waals surface area contributed by atoms with Gasteiger partial charge in [0.15, 0.2) is 0 Å². The summed E-state index contributed by atoms with van der Waals surface area (Å²) in [5.41, 5.74) is 1.10. The summed E-state index contributed by atoms with van der Waals surface area (Å²) in [7, 11) is 0. The number of amides is 1. The lowest BCUT2D eigenvalue weighted by atomic mass is 10.0. The molecule has 0 saturated heterocycles. The molecule has 1 N–H and O–H groups in total. The van der Waals surface area contributed by atoms with E-state index in [1.807, 2.05) is 35.2 Å². The summed E-state index contributed by atoms with van der Waals surface area (Å²) < 4.78 is 0. The second-order valence-electron chi connectivity index (χ2n) is 5.45. The Labute approximate surface area is 119 Å². The molecule has 0 bridgehead atoms. The minimum Gasteiger partial charge on any atom is -0.505 e. The molecule has 4 heteroatoms. The van der Waals surface area contributed by atoms with Crippen molar-refractivity contribution in [2.24, 2.45) is 10.9 Å². The number of rotatable bonds is 4. The largest absolute Gasteiger partial charge is 0.505 e. The second-order valence-corrected chi connectivity index (χ2v) is 5.45. The van der Waals surface area contributed by atoms with Gasteiger partial charge >= 0.3 is 0 Å². The zero-order valence-electron chi connectivity index (χ0n) is 11.9. The Kier molecular flexibility index (Phi) is 4.56. The maximum atomic E-state index is 12.1. The highest BCUT2D eigenvalue weighted by atomic mass is 16.3. The fourth-order valence-electron chi connectivity index (χ4n) is 2.28. The molecule has 1 unspecified atom stereocenters.